The minimum absolute atomic E-state index is 0.605. The SMILES string of the molecule is C[C@@H](C1CCCCC1)[N+]1=CC=[N+]([C@@H](C)C2CCCCC2)[B-]1(Br)Br. The molecule has 23 heavy (non-hydrogen) atoms. The molecule has 2 saturated carbocycles. The third kappa shape index (κ3) is 3.81. The highest BCUT2D eigenvalue weighted by molar-refractivity contribution is 9.50. The Kier molecular flexibility index (Phi) is 6.10. The minimum atomic E-state index is -0.994. The lowest BCUT2D eigenvalue weighted by atomic mass is 9.81. The van der Waals surface area contributed by atoms with Crippen molar-refractivity contribution in [3.05, 3.63) is 0 Å². The van der Waals surface area contributed by atoms with Gasteiger partial charge in [0.25, 0.3) is 0 Å². The molecule has 1 heterocycles. The summed E-state index contributed by atoms with van der Waals surface area (Å²) < 4.78 is 4.14. The molecule has 0 bridgehead atoms. The molecule has 0 spiro atoms. The molecule has 1 aliphatic heterocycles. The summed E-state index contributed by atoms with van der Waals surface area (Å²) in [5.41, 5.74) is 0. The van der Waals surface area contributed by atoms with Gasteiger partial charge in [0, 0.05) is 11.8 Å². The van der Waals surface area contributed by atoms with E-state index in [1.54, 1.807) is 0 Å². The first-order valence-electron chi connectivity index (χ1n) is 9.77. The van der Waals surface area contributed by atoms with Crippen molar-refractivity contribution in [2.45, 2.75) is 90.1 Å². The molecule has 0 N–H and O–H groups in total. The predicted molar refractivity (Wildman–Crippen MR) is 108 cm³/mol. The van der Waals surface area contributed by atoms with Crippen LogP contribution in [0.3, 0.4) is 0 Å². The Bertz CT molecular complexity index is 435. The summed E-state index contributed by atoms with van der Waals surface area (Å²) >= 11 is 8.16. The molecular weight excluding hydrogens is 415 g/mol. The van der Waals surface area contributed by atoms with Gasteiger partial charge in [-0.1, -0.05) is 38.5 Å². The van der Waals surface area contributed by atoms with Crippen LogP contribution >= 0.6 is 31.5 Å². The van der Waals surface area contributed by atoms with Gasteiger partial charge in [-0.15, -0.1) is 31.5 Å². The fourth-order valence-corrected chi connectivity index (χ4v) is 7.11. The summed E-state index contributed by atoms with van der Waals surface area (Å²) in [4.78, 5) is 0. The van der Waals surface area contributed by atoms with E-state index in [2.05, 4.69) is 66.8 Å². The van der Waals surface area contributed by atoms with Crippen molar-refractivity contribution in [3.63, 3.8) is 0 Å². The fraction of sp³-hybridized carbons (Fsp3) is 0.889. The Balaban J connectivity index is 1.69. The van der Waals surface area contributed by atoms with Gasteiger partial charge in [-0.25, -0.2) is 0 Å². The zero-order chi connectivity index (χ0) is 16.4. The molecule has 2 nitrogen and oxygen atoms in total. The highest BCUT2D eigenvalue weighted by atomic mass is 79.9. The molecule has 5 heteroatoms. The largest absolute Gasteiger partial charge is 0.655 e. The molecule has 3 aliphatic rings. The van der Waals surface area contributed by atoms with Crippen molar-refractivity contribution in [2.24, 2.45) is 11.8 Å². The number of nitrogens with zero attached hydrogens (tertiary/aromatic N) is 2. The van der Waals surface area contributed by atoms with E-state index in [1.807, 2.05) is 0 Å². The number of rotatable bonds is 4. The Labute approximate surface area is 158 Å². The summed E-state index contributed by atoms with van der Waals surface area (Å²) in [6.07, 6.45) is 18.8. The number of halogens is 2. The molecule has 0 aromatic heterocycles. The van der Waals surface area contributed by atoms with E-state index in [-0.39, 0.29) is 0 Å². The Morgan fingerprint density at radius 2 is 1.09 bits per heavy atom. The van der Waals surface area contributed by atoms with Crippen molar-refractivity contribution in [3.8, 4) is 0 Å². The number of hydrogen-bond donors (Lipinski definition) is 0. The quantitative estimate of drug-likeness (QED) is 0.515. The lowest BCUT2D eigenvalue weighted by molar-refractivity contribution is -0.544. The Morgan fingerprint density at radius 3 is 1.43 bits per heavy atom. The molecule has 3 rings (SSSR count). The van der Waals surface area contributed by atoms with Gasteiger partial charge in [-0.05, 0) is 39.5 Å². The van der Waals surface area contributed by atoms with E-state index in [9.17, 15) is 0 Å². The van der Waals surface area contributed by atoms with Crippen molar-refractivity contribution < 1.29 is 8.97 Å². The monoisotopic (exact) mass is 445 g/mol. The first kappa shape index (κ1) is 18.2. The van der Waals surface area contributed by atoms with E-state index in [0.29, 0.717) is 12.1 Å². The van der Waals surface area contributed by atoms with Crippen LogP contribution in [0.15, 0.2) is 0 Å². The lowest BCUT2D eigenvalue weighted by Gasteiger charge is -2.35. The van der Waals surface area contributed by atoms with E-state index in [1.165, 1.54) is 64.2 Å². The summed E-state index contributed by atoms with van der Waals surface area (Å²) in [5, 5.41) is 0. The van der Waals surface area contributed by atoms with Crippen LogP contribution in [-0.4, -0.2) is 37.5 Å². The lowest BCUT2D eigenvalue weighted by Crippen LogP contribution is -2.53. The normalized spacial score (nSPS) is 29.0. The van der Waals surface area contributed by atoms with E-state index < -0.39 is 4.06 Å². The summed E-state index contributed by atoms with van der Waals surface area (Å²) in [6, 6.07) is 1.21. The van der Waals surface area contributed by atoms with E-state index >= 15 is 0 Å². The van der Waals surface area contributed by atoms with Crippen LogP contribution in [-0.2, 0) is 0 Å². The molecule has 0 aromatic carbocycles. The second kappa shape index (κ2) is 7.72. The highest BCUT2D eigenvalue weighted by Crippen LogP contribution is 2.37. The maximum Gasteiger partial charge on any atom is 0.655 e. The highest BCUT2D eigenvalue weighted by Gasteiger charge is 2.54. The topological polar surface area (TPSA) is 6.02 Å². The molecule has 2 atom stereocenters. The van der Waals surface area contributed by atoms with Gasteiger partial charge in [0.15, 0.2) is 12.4 Å². The van der Waals surface area contributed by atoms with Crippen LogP contribution in [0.4, 0.5) is 0 Å². The van der Waals surface area contributed by atoms with E-state index in [4.69, 9.17) is 0 Å². The zero-order valence-corrected chi connectivity index (χ0v) is 17.9. The molecule has 0 unspecified atom stereocenters. The zero-order valence-electron chi connectivity index (χ0n) is 14.8. The van der Waals surface area contributed by atoms with E-state index in [0.717, 1.165) is 11.8 Å². The van der Waals surface area contributed by atoms with Gasteiger partial charge in [0.1, 0.15) is 12.1 Å². The van der Waals surface area contributed by atoms with Crippen LogP contribution in [0.1, 0.15) is 78.1 Å². The molecule has 0 aromatic rings. The molecule has 130 valence electrons. The maximum atomic E-state index is 4.08. The molecular formula is C18H32BBr2N2+. The smallest absolute Gasteiger partial charge is 0.363 e. The van der Waals surface area contributed by atoms with Crippen molar-refractivity contribution in [1.29, 1.82) is 0 Å². The van der Waals surface area contributed by atoms with Crippen molar-refractivity contribution >= 4 is 48.0 Å². The summed E-state index contributed by atoms with van der Waals surface area (Å²) in [7, 11) is 0. The van der Waals surface area contributed by atoms with Crippen LogP contribution in [0, 0.1) is 11.8 Å². The first-order valence-corrected chi connectivity index (χ1v) is 11.6. The molecule has 0 saturated heterocycles. The molecule has 0 radical (unpaired) electrons. The standard InChI is InChI=1S/C18H32BBr2N2/c1-15(17-9-5-3-6-10-17)22-13-14-23(19(22,20)21)16(2)18-11-7-4-8-12-18/h13-18H,3-12H2,1-2H3/q+1/t15-,16-/m0/s1. The molecule has 0 amide bonds. The third-order valence-corrected chi connectivity index (χ3v) is 8.62. The van der Waals surface area contributed by atoms with Gasteiger partial charge >= 0.3 is 4.06 Å². The van der Waals surface area contributed by atoms with Gasteiger partial charge < -0.3 is 8.97 Å². The summed E-state index contributed by atoms with van der Waals surface area (Å²) in [6.45, 7) is 4.85. The van der Waals surface area contributed by atoms with Crippen LogP contribution in [0.2, 0.25) is 0 Å². The molecule has 2 aliphatic carbocycles. The maximum absolute atomic E-state index is 4.08. The van der Waals surface area contributed by atoms with Crippen LogP contribution < -0.4 is 0 Å². The minimum Gasteiger partial charge on any atom is -0.363 e. The van der Waals surface area contributed by atoms with Crippen LogP contribution in [0.25, 0.3) is 0 Å². The van der Waals surface area contributed by atoms with Gasteiger partial charge in [0.2, 0.25) is 0 Å². The second-order valence-corrected chi connectivity index (χ2v) is 11.8. The average Bonchev–Trinajstić information content (AvgIpc) is 2.90. The van der Waals surface area contributed by atoms with Crippen LogP contribution in [0.5, 0.6) is 0 Å². The molecule has 2 fully saturated rings. The summed E-state index contributed by atoms with van der Waals surface area (Å²) in [5.74, 6) is 1.68. The average molecular weight is 447 g/mol. The van der Waals surface area contributed by atoms with Crippen molar-refractivity contribution in [2.75, 3.05) is 0 Å². The Hall–Kier alpha value is 0.365. The van der Waals surface area contributed by atoms with Gasteiger partial charge in [-0.2, -0.15) is 0 Å². The fourth-order valence-electron chi connectivity index (χ4n) is 5.07. The second-order valence-electron chi connectivity index (χ2n) is 8.06. The predicted octanol–water partition coefficient (Wildman–Crippen LogP) is 5.33. The third-order valence-electron chi connectivity index (χ3n) is 6.73. The van der Waals surface area contributed by atoms with Gasteiger partial charge in [0.05, 0.1) is 0 Å². The first-order chi connectivity index (χ1) is 11.0. The van der Waals surface area contributed by atoms with Gasteiger partial charge in [-0.3, -0.25) is 0 Å². The number of hydrogen-bond acceptors (Lipinski definition) is 0. The van der Waals surface area contributed by atoms with Crippen molar-refractivity contribution in [1.82, 2.24) is 0 Å². The Morgan fingerprint density at radius 1 is 0.739 bits per heavy atom.